The largest absolute Gasteiger partial charge is 0.389 e. The number of hydrogen-bond donors (Lipinski definition) is 1. The molecule has 0 aromatic carbocycles. The summed E-state index contributed by atoms with van der Waals surface area (Å²) in [6.45, 7) is 15.2. The Morgan fingerprint density at radius 1 is 1.04 bits per heavy atom. The second-order valence-electron chi connectivity index (χ2n) is 9.49. The standard InChI is InChI=1S/C20H39NO2/c1-15-10-16(2)12-21(11-15)13-18(22)14-23-19-8-6-17(7-9-19)20(3,4)5/h15-19,22H,6-14H2,1-5H3/t15-,16-,17?,18-,19?/m1/s1. The minimum Gasteiger partial charge on any atom is -0.389 e. The molecular formula is C20H39NO2. The molecule has 2 aliphatic rings. The minimum absolute atomic E-state index is 0.340. The molecule has 0 spiro atoms. The third-order valence-corrected chi connectivity index (χ3v) is 5.84. The molecule has 1 aliphatic heterocycles. The van der Waals surface area contributed by atoms with Crippen LogP contribution >= 0.6 is 0 Å². The Labute approximate surface area is 143 Å². The maximum Gasteiger partial charge on any atom is 0.0900 e. The predicted octanol–water partition coefficient (Wildman–Crippen LogP) is 3.95. The van der Waals surface area contributed by atoms with Crippen molar-refractivity contribution < 1.29 is 9.84 Å². The van der Waals surface area contributed by atoms with Crippen LogP contribution in [0.2, 0.25) is 0 Å². The monoisotopic (exact) mass is 325 g/mol. The van der Waals surface area contributed by atoms with Crippen LogP contribution in [0.1, 0.15) is 66.7 Å². The van der Waals surface area contributed by atoms with E-state index in [2.05, 4.69) is 39.5 Å². The molecule has 0 bridgehead atoms. The van der Waals surface area contributed by atoms with Gasteiger partial charge in [0.05, 0.1) is 18.8 Å². The zero-order valence-corrected chi connectivity index (χ0v) is 16.1. The van der Waals surface area contributed by atoms with Crippen LogP contribution in [0.4, 0.5) is 0 Å². The zero-order chi connectivity index (χ0) is 17.0. The van der Waals surface area contributed by atoms with E-state index < -0.39 is 0 Å². The van der Waals surface area contributed by atoms with Crippen molar-refractivity contribution >= 4 is 0 Å². The van der Waals surface area contributed by atoms with E-state index in [1.54, 1.807) is 0 Å². The number of aliphatic hydroxyl groups is 1. The van der Waals surface area contributed by atoms with Gasteiger partial charge in [-0.05, 0) is 55.3 Å². The van der Waals surface area contributed by atoms with Crippen molar-refractivity contribution in [3.8, 4) is 0 Å². The number of hydrogen-bond acceptors (Lipinski definition) is 3. The predicted molar refractivity (Wildman–Crippen MR) is 96.5 cm³/mol. The van der Waals surface area contributed by atoms with Crippen LogP contribution in [0.5, 0.6) is 0 Å². The van der Waals surface area contributed by atoms with Gasteiger partial charge in [0.15, 0.2) is 0 Å². The van der Waals surface area contributed by atoms with Gasteiger partial charge < -0.3 is 14.7 Å². The molecule has 23 heavy (non-hydrogen) atoms. The van der Waals surface area contributed by atoms with E-state index in [9.17, 15) is 5.11 Å². The second kappa shape index (κ2) is 8.31. The molecule has 0 unspecified atom stereocenters. The molecule has 3 heteroatoms. The lowest BCUT2D eigenvalue weighted by molar-refractivity contribution is -0.0482. The Kier molecular flexibility index (Phi) is 6.94. The maximum absolute atomic E-state index is 10.3. The molecule has 136 valence electrons. The molecule has 3 nitrogen and oxygen atoms in total. The van der Waals surface area contributed by atoms with Gasteiger partial charge in [-0.2, -0.15) is 0 Å². The summed E-state index contributed by atoms with van der Waals surface area (Å²) in [6.07, 6.45) is 6.20. The van der Waals surface area contributed by atoms with Crippen LogP contribution < -0.4 is 0 Å². The van der Waals surface area contributed by atoms with Gasteiger partial charge in [-0.1, -0.05) is 34.6 Å². The summed E-state index contributed by atoms with van der Waals surface area (Å²) in [6, 6.07) is 0. The van der Waals surface area contributed by atoms with Crippen LogP contribution in [0.3, 0.4) is 0 Å². The first-order valence-corrected chi connectivity index (χ1v) is 9.76. The van der Waals surface area contributed by atoms with Crippen LogP contribution in [-0.4, -0.2) is 48.5 Å². The SMILES string of the molecule is C[C@@H]1C[C@@H](C)CN(C[C@@H](O)COC2CCC(C(C)(C)C)CC2)C1. The lowest BCUT2D eigenvalue weighted by Crippen LogP contribution is -2.44. The summed E-state index contributed by atoms with van der Waals surface area (Å²) >= 11 is 0. The van der Waals surface area contributed by atoms with E-state index in [1.165, 1.54) is 19.3 Å². The van der Waals surface area contributed by atoms with E-state index in [4.69, 9.17) is 4.74 Å². The van der Waals surface area contributed by atoms with Gasteiger partial charge >= 0.3 is 0 Å². The topological polar surface area (TPSA) is 32.7 Å². The van der Waals surface area contributed by atoms with Gasteiger partial charge in [0.25, 0.3) is 0 Å². The third-order valence-electron chi connectivity index (χ3n) is 5.84. The smallest absolute Gasteiger partial charge is 0.0900 e. The van der Waals surface area contributed by atoms with Gasteiger partial charge in [-0.15, -0.1) is 0 Å². The normalized spacial score (nSPS) is 35.2. The number of ether oxygens (including phenoxy) is 1. The minimum atomic E-state index is -0.340. The highest BCUT2D eigenvalue weighted by Crippen LogP contribution is 2.38. The summed E-state index contributed by atoms with van der Waals surface area (Å²) in [4.78, 5) is 2.42. The molecule has 2 fully saturated rings. The van der Waals surface area contributed by atoms with Crippen LogP contribution in [0.25, 0.3) is 0 Å². The first kappa shape index (κ1) is 19.2. The molecule has 0 aromatic rings. The van der Waals surface area contributed by atoms with E-state index in [-0.39, 0.29) is 6.10 Å². The van der Waals surface area contributed by atoms with Crippen molar-refractivity contribution in [3.05, 3.63) is 0 Å². The Morgan fingerprint density at radius 3 is 2.13 bits per heavy atom. The van der Waals surface area contributed by atoms with Crippen molar-refractivity contribution in [1.82, 2.24) is 4.90 Å². The average molecular weight is 326 g/mol. The molecule has 1 heterocycles. The van der Waals surface area contributed by atoms with E-state index >= 15 is 0 Å². The molecule has 3 atom stereocenters. The molecule has 0 aromatic heterocycles. The maximum atomic E-state index is 10.3. The molecule has 0 radical (unpaired) electrons. The fraction of sp³-hybridized carbons (Fsp3) is 1.00. The molecule has 1 saturated carbocycles. The number of rotatable bonds is 5. The lowest BCUT2D eigenvalue weighted by atomic mass is 9.72. The fourth-order valence-corrected chi connectivity index (χ4v) is 4.63. The third kappa shape index (κ3) is 6.36. The lowest BCUT2D eigenvalue weighted by Gasteiger charge is -2.38. The van der Waals surface area contributed by atoms with Crippen molar-refractivity contribution in [1.29, 1.82) is 0 Å². The number of aliphatic hydroxyl groups excluding tert-OH is 1. The Bertz CT molecular complexity index is 334. The summed E-state index contributed by atoms with van der Waals surface area (Å²) in [5.41, 5.74) is 0.423. The van der Waals surface area contributed by atoms with E-state index in [1.807, 2.05) is 0 Å². The van der Waals surface area contributed by atoms with Gasteiger partial charge in [-0.3, -0.25) is 0 Å². The van der Waals surface area contributed by atoms with Crippen molar-refractivity contribution in [2.24, 2.45) is 23.2 Å². The average Bonchev–Trinajstić information content (AvgIpc) is 2.43. The molecule has 1 aliphatic carbocycles. The summed E-state index contributed by atoms with van der Waals surface area (Å²) in [7, 11) is 0. The van der Waals surface area contributed by atoms with Gasteiger partial charge in [0.2, 0.25) is 0 Å². The van der Waals surface area contributed by atoms with Crippen LogP contribution in [0.15, 0.2) is 0 Å². The van der Waals surface area contributed by atoms with Crippen LogP contribution in [0, 0.1) is 23.2 Å². The first-order valence-electron chi connectivity index (χ1n) is 9.76. The summed E-state index contributed by atoms with van der Waals surface area (Å²) in [5.74, 6) is 2.32. The molecule has 0 amide bonds. The number of nitrogens with zero attached hydrogens (tertiary/aromatic N) is 1. The highest BCUT2D eigenvalue weighted by molar-refractivity contribution is 4.81. The van der Waals surface area contributed by atoms with Gasteiger partial charge in [-0.25, -0.2) is 0 Å². The highest BCUT2D eigenvalue weighted by Gasteiger charge is 2.30. The molecular weight excluding hydrogens is 286 g/mol. The summed E-state index contributed by atoms with van der Waals surface area (Å²) < 4.78 is 6.02. The number of likely N-dealkylation sites (tertiary alicyclic amines) is 1. The number of β-amino-alcohol motifs (C(OH)–C–C–N with tert-alkyl or cyclic N) is 1. The Balaban J connectivity index is 1.64. The summed E-state index contributed by atoms with van der Waals surface area (Å²) in [5, 5.41) is 10.3. The van der Waals surface area contributed by atoms with Crippen molar-refractivity contribution in [3.63, 3.8) is 0 Å². The second-order valence-corrected chi connectivity index (χ2v) is 9.49. The van der Waals surface area contributed by atoms with Crippen molar-refractivity contribution in [2.75, 3.05) is 26.2 Å². The van der Waals surface area contributed by atoms with Gasteiger partial charge in [0, 0.05) is 19.6 Å². The van der Waals surface area contributed by atoms with Crippen molar-refractivity contribution in [2.45, 2.75) is 78.9 Å². The molecule has 1 N–H and O–H groups in total. The first-order chi connectivity index (χ1) is 10.7. The number of piperidine rings is 1. The quantitative estimate of drug-likeness (QED) is 0.831. The zero-order valence-electron chi connectivity index (χ0n) is 16.1. The molecule has 2 rings (SSSR count). The molecule has 1 saturated heterocycles. The fourth-order valence-electron chi connectivity index (χ4n) is 4.63. The Morgan fingerprint density at radius 2 is 1.61 bits per heavy atom. The Hall–Kier alpha value is -0.120. The van der Waals surface area contributed by atoms with E-state index in [0.29, 0.717) is 18.1 Å². The van der Waals surface area contributed by atoms with Gasteiger partial charge in [0.1, 0.15) is 0 Å². The van der Waals surface area contributed by atoms with E-state index in [0.717, 1.165) is 50.2 Å². The van der Waals surface area contributed by atoms with Crippen LogP contribution in [-0.2, 0) is 4.74 Å². The highest BCUT2D eigenvalue weighted by atomic mass is 16.5.